The minimum atomic E-state index is -0.947. The molecule has 4 nitrogen and oxygen atoms in total. The molecule has 0 saturated carbocycles. The average molecular weight is 326 g/mol. The van der Waals surface area contributed by atoms with Gasteiger partial charge in [0.05, 0.1) is 11.4 Å². The van der Waals surface area contributed by atoms with Gasteiger partial charge in [-0.15, -0.1) is 0 Å². The molecule has 0 saturated heterocycles. The van der Waals surface area contributed by atoms with E-state index in [0.717, 1.165) is 0 Å². The van der Waals surface area contributed by atoms with E-state index in [1.807, 2.05) is 0 Å². The summed E-state index contributed by atoms with van der Waals surface area (Å²) in [6.45, 7) is 0. The zero-order chi connectivity index (χ0) is 13.7. The molecule has 1 aromatic carbocycles. The first-order valence-corrected chi connectivity index (χ1v) is 6.15. The van der Waals surface area contributed by atoms with Crippen LogP contribution in [0.4, 0.5) is 11.4 Å². The Labute approximate surface area is 122 Å². The van der Waals surface area contributed by atoms with Gasteiger partial charge in [-0.25, -0.2) is 9.59 Å². The SMILES string of the molecule is O=C=Nc1cc(N=C=O)c(C(Cl)Cl)cc1C(Cl)Cl. The number of alkyl halides is 4. The van der Waals surface area contributed by atoms with E-state index < -0.39 is 9.67 Å². The standard InChI is InChI=1S/C10H4Cl4N2O2/c11-9(12)5-1-6(10(13)14)8(16-4-18)2-7(5)15-3-17/h1-2,9-10H. The van der Waals surface area contributed by atoms with Gasteiger partial charge in [0.25, 0.3) is 0 Å². The van der Waals surface area contributed by atoms with E-state index in [0.29, 0.717) is 11.1 Å². The van der Waals surface area contributed by atoms with Crippen molar-refractivity contribution in [3.63, 3.8) is 0 Å². The van der Waals surface area contributed by atoms with Crippen LogP contribution in [-0.2, 0) is 9.59 Å². The van der Waals surface area contributed by atoms with Crippen molar-refractivity contribution in [2.45, 2.75) is 9.67 Å². The summed E-state index contributed by atoms with van der Waals surface area (Å²) in [5.41, 5.74) is 0.888. The molecule has 0 atom stereocenters. The van der Waals surface area contributed by atoms with Crippen LogP contribution in [0.25, 0.3) is 0 Å². The second-order valence-electron chi connectivity index (χ2n) is 2.98. The van der Waals surface area contributed by atoms with Crippen molar-refractivity contribution in [1.29, 1.82) is 0 Å². The molecule has 94 valence electrons. The maximum absolute atomic E-state index is 10.3. The van der Waals surface area contributed by atoms with Crippen LogP contribution >= 0.6 is 46.4 Å². The number of hydrogen-bond donors (Lipinski definition) is 0. The van der Waals surface area contributed by atoms with E-state index >= 15 is 0 Å². The normalized spacial score (nSPS) is 10.1. The number of nitrogens with zero attached hydrogens (tertiary/aromatic N) is 2. The van der Waals surface area contributed by atoms with Crippen molar-refractivity contribution >= 4 is 69.9 Å². The van der Waals surface area contributed by atoms with Gasteiger partial charge in [-0.3, -0.25) is 0 Å². The minimum Gasteiger partial charge on any atom is -0.211 e. The van der Waals surface area contributed by atoms with E-state index in [9.17, 15) is 9.59 Å². The van der Waals surface area contributed by atoms with Gasteiger partial charge in [0.2, 0.25) is 12.2 Å². The van der Waals surface area contributed by atoms with Crippen molar-refractivity contribution in [3.05, 3.63) is 23.3 Å². The molecule has 0 unspecified atom stereocenters. The molecule has 0 aliphatic heterocycles. The zero-order valence-electron chi connectivity index (χ0n) is 8.53. The predicted octanol–water partition coefficient (Wildman–Crippen LogP) is 4.57. The summed E-state index contributed by atoms with van der Waals surface area (Å²) in [5, 5.41) is 0. The fourth-order valence-electron chi connectivity index (χ4n) is 1.25. The molecule has 0 fully saturated rings. The molecule has 0 amide bonds. The summed E-state index contributed by atoms with van der Waals surface area (Å²) < 4.78 is 0. The first kappa shape index (κ1) is 15.2. The average Bonchev–Trinajstić information content (AvgIpc) is 2.29. The fourth-order valence-corrected chi connectivity index (χ4v) is 1.95. The third kappa shape index (κ3) is 3.56. The van der Waals surface area contributed by atoms with E-state index in [4.69, 9.17) is 46.4 Å². The molecule has 0 aliphatic rings. The van der Waals surface area contributed by atoms with Crippen molar-refractivity contribution in [2.24, 2.45) is 9.98 Å². The number of aliphatic imine (C=N–C) groups is 2. The van der Waals surface area contributed by atoms with Crippen molar-refractivity contribution in [1.82, 2.24) is 0 Å². The number of benzene rings is 1. The maximum atomic E-state index is 10.3. The lowest BCUT2D eigenvalue weighted by Crippen LogP contribution is -1.90. The molecule has 0 aromatic heterocycles. The third-order valence-corrected chi connectivity index (χ3v) is 2.92. The first-order chi connectivity index (χ1) is 8.51. The summed E-state index contributed by atoms with van der Waals surface area (Å²) in [7, 11) is 0. The van der Waals surface area contributed by atoms with Gasteiger partial charge in [-0.2, -0.15) is 9.98 Å². The molecule has 0 spiro atoms. The van der Waals surface area contributed by atoms with Crippen LogP contribution in [0.3, 0.4) is 0 Å². The lowest BCUT2D eigenvalue weighted by atomic mass is 10.1. The molecule has 0 heterocycles. The van der Waals surface area contributed by atoms with E-state index in [2.05, 4.69) is 9.98 Å². The highest BCUT2D eigenvalue weighted by Gasteiger charge is 2.18. The molecule has 1 aromatic rings. The molecule has 8 heteroatoms. The maximum Gasteiger partial charge on any atom is 0.240 e. The topological polar surface area (TPSA) is 58.9 Å². The van der Waals surface area contributed by atoms with Gasteiger partial charge in [0.1, 0.15) is 9.67 Å². The summed E-state index contributed by atoms with van der Waals surface area (Å²) in [6, 6.07) is 2.72. The van der Waals surface area contributed by atoms with Crippen LogP contribution in [0.2, 0.25) is 0 Å². The smallest absolute Gasteiger partial charge is 0.211 e. The van der Waals surface area contributed by atoms with Gasteiger partial charge in [0.15, 0.2) is 0 Å². The Morgan fingerprint density at radius 1 is 0.833 bits per heavy atom. The summed E-state index contributed by atoms with van der Waals surface area (Å²) in [5.74, 6) is 0. The second kappa shape index (κ2) is 6.91. The van der Waals surface area contributed by atoms with Gasteiger partial charge in [-0.05, 0) is 12.1 Å². The number of rotatable bonds is 4. The highest BCUT2D eigenvalue weighted by Crippen LogP contribution is 2.41. The van der Waals surface area contributed by atoms with Crippen molar-refractivity contribution in [3.8, 4) is 0 Å². The summed E-state index contributed by atoms with van der Waals surface area (Å²) in [6.07, 6.45) is 2.70. The second-order valence-corrected chi connectivity index (χ2v) is 5.17. The molecule has 18 heavy (non-hydrogen) atoms. The Balaban J connectivity index is 3.59. The highest BCUT2D eigenvalue weighted by molar-refractivity contribution is 6.45. The van der Waals surface area contributed by atoms with Crippen LogP contribution in [-0.4, -0.2) is 12.2 Å². The molecule has 0 radical (unpaired) electrons. The molecule has 0 bridgehead atoms. The third-order valence-electron chi connectivity index (χ3n) is 1.98. The van der Waals surface area contributed by atoms with Crippen LogP contribution in [0.15, 0.2) is 22.1 Å². The Morgan fingerprint density at radius 2 is 1.22 bits per heavy atom. The van der Waals surface area contributed by atoms with Crippen LogP contribution in [0.1, 0.15) is 20.8 Å². The van der Waals surface area contributed by atoms with Gasteiger partial charge in [-0.1, -0.05) is 46.4 Å². The number of isocyanates is 2. The van der Waals surface area contributed by atoms with Crippen molar-refractivity contribution in [2.75, 3.05) is 0 Å². The molecule has 1 rings (SSSR count). The summed E-state index contributed by atoms with van der Waals surface area (Å²) in [4.78, 5) is 25.5. The Morgan fingerprint density at radius 3 is 1.50 bits per heavy atom. The van der Waals surface area contributed by atoms with E-state index in [-0.39, 0.29) is 11.4 Å². The van der Waals surface area contributed by atoms with E-state index in [1.54, 1.807) is 0 Å². The van der Waals surface area contributed by atoms with Crippen molar-refractivity contribution < 1.29 is 9.59 Å². The fraction of sp³-hybridized carbons (Fsp3) is 0.200. The lowest BCUT2D eigenvalue weighted by Gasteiger charge is -2.11. The Kier molecular flexibility index (Phi) is 5.83. The number of hydrogen-bond acceptors (Lipinski definition) is 4. The van der Waals surface area contributed by atoms with Gasteiger partial charge < -0.3 is 0 Å². The largest absolute Gasteiger partial charge is 0.240 e. The first-order valence-electron chi connectivity index (χ1n) is 4.41. The number of halogens is 4. The Bertz CT molecular complexity index is 502. The van der Waals surface area contributed by atoms with Gasteiger partial charge >= 0.3 is 0 Å². The highest BCUT2D eigenvalue weighted by atomic mass is 35.5. The summed E-state index contributed by atoms with van der Waals surface area (Å²) >= 11 is 22.9. The van der Waals surface area contributed by atoms with Crippen LogP contribution in [0.5, 0.6) is 0 Å². The predicted molar refractivity (Wildman–Crippen MR) is 70.9 cm³/mol. The zero-order valence-corrected chi connectivity index (χ0v) is 11.6. The lowest BCUT2D eigenvalue weighted by molar-refractivity contribution is 0.564. The van der Waals surface area contributed by atoms with Crippen LogP contribution < -0.4 is 0 Å². The quantitative estimate of drug-likeness (QED) is 0.462. The molecular formula is C10H4Cl4N2O2. The minimum absolute atomic E-state index is 0.131. The Hall–Kier alpha value is -0.860. The monoisotopic (exact) mass is 324 g/mol. The molecular weight excluding hydrogens is 322 g/mol. The van der Waals surface area contributed by atoms with Crippen LogP contribution in [0, 0.1) is 0 Å². The molecule has 0 aliphatic carbocycles. The number of carbonyl (C=O) groups excluding carboxylic acids is 2. The van der Waals surface area contributed by atoms with Gasteiger partial charge in [0, 0.05) is 11.1 Å². The molecule has 0 N–H and O–H groups in total. The van der Waals surface area contributed by atoms with E-state index in [1.165, 1.54) is 24.3 Å².